The summed E-state index contributed by atoms with van der Waals surface area (Å²) in [6.07, 6.45) is 4.98. The van der Waals surface area contributed by atoms with Crippen molar-refractivity contribution in [3.8, 4) is 0 Å². The molecule has 0 aromatic carbocycles. The average Bonchev–Trinajstić information content (AvgIpc) is 1.99. The number of hydrogen-bond acceptors (Lipinski definition) is 2. The fourth-order valence-electron chi connectivity index (χ4n) is 1.59. The zero-order valence-electron chi connectivity index (χ0n) is 7.25. The second-order valence-corrected chi connectivity index (χ2v) is 3.29. The van der Waals surface area contributed by atoms with Crippen LogP contribution in [0.4, 0.5) is 0 Å². The standard InChI is InChI=1S/C9H18O2/c1-2-4-9-8(7-11-9)5-3-6-10/h8-10H,2-7H2,1H3. The van der Waals surface area contributed by atoms with Gasteiger partial charge in [-0.3, -0.25) is 0 Å². The molecule has 0 bridgehead atoms. The first-order valence-corrected chi connectivity index (χ1v) is 4.61. The van der Waals surface area contributed by atoms with Crippen molar-refractivity contribution in [1.29, 1.82) is 0 Å². The van der Waals surface area contributed by atoms with Gasteiger partial charge >= 0.3 is 0 Å². The average molecular weight is 158 g/mol. The summed E-state index contributed by atoms with van der Waals surface area (Å²) in [7, 11) is 0. The van der Waals surface area contributed by atoms with Gasteiger partial charge in [0.1, 0.15) is 0 Å². The van der Waals surface area contributed by atoms with Gasteiger partial charge in [-0.1, -0.05) is 13.3 Å². The highest BCUT2D eigenvalue weighted by molar-refractivity contribution is 4.77. The first kappa shape index (κ1) is 9.01. The van der Waals surface area contributed by atoms with E-state index in [-0.39, 0.29) is 0 Å². The summed E-state index contributed by atoms with van der Waals surface area (Å²) >= 11 is 0. The molecule has 2 atom stereocenters. The number of rotatable bonds is 5. The molecule has 2 heteroatoms. The molecule has 0 aromatic rings. The highest BCUT2D eigenvalue weighted by Crippen LogP contribution is 2.28. The molecular weight excluding hydrogens is 140 g/mol. The van der Waals surface area contributed by atoms with Gasteiger partial charge in [-0.05, 0) is 19.3 Å². The molecule has 0 spiro atoms. The number of hydrogen-bond donors (Lipinski definition) is 1. The number of ether oxygens (including phenoxy) is 1. The second-order valence-electron chi connectivity index (χ2n) is 3.29. The molecule has 0 saturated carbocycles. The Morgan fingerprint density at radius 2 is 2.27 bits per heavy atom. The molecule has 1 N–H and O–H groups in total. The largest absolute Gasteiger partial charge is 0.396 e. The van der Waals surface area contributed by atoms with E-state index in [1.54, 1.807) is 0 Å². The maximum absolute atomic E-state index is 8.61. The number of aliphatic hydroxyl groups is 1. The van der Waals surface area contributed by atoms with E-state index >= 15 is 0 Å². The van der Waals surface area contributed by atoms with E-state index in [0.717, 1.165) is 25.4 Å². The van der Waals surface area contributed by atoms with Crippen LogP contribution >= 0.6 is 0 Å². The molecule has 0 aliphatic carbocycles. The molecule has 2 unspecified atom stereocenters. The summed E-state index contributed by atoms with van der Waals surface area (Å²) in [5, 5.41) is 8.61. The minimum absolute atomic E-state index is 0.329. The van der Waals surface area contributed by atoms with Crippen molar-refractivity contribution in [2.45, 2.75) is 38.7 Å². The molecule has 66 valence electrons. The smallest absolute Gasteiger partial charge is 0.0625 e. The Balaban J connectivity index is 2.05. The lowest BCUT2D eigenvalue weighted by molar-refractivity contribution is -0.121. The molecule has 0 amide bonds. The van der Waals surface area contributed by atoms with Crippen LogP contribution in [0.1, 0.15) is 32.6 Å². The van der Waals surface area contributed by atoms with Crippen LogP contribution in [0.25, 0.3) is 0 Å². The lowest BCUT2D eigenvalue weighted by Gasteiger charge is -2.36. The highest BCUT2D eigenvalue weighted by Gasteiger charge is 2.29. The van der Waals surface area contributed by atoms with E-state index in [2.05, 4.69) is 6.92 Å². The Kier molecular flexibility index (Phi) is 3.87. The highest BCUT2D eigenvalue weighted by atomic mass is 16.5. The third-order valence-electron chi connectivity index (χ3n) is 2.36. The lowest BCUT2D eigenvalue weighted by Crippen LogP contribution is -2.39. The van der Waals surface area contributed by atoms with Crippen molar-refractivity contribution in [3.63, 3.8) is 0 Å². The first-order valence-electron chi connectivity index (χ1n) is 4.61. The normalized spacial score (nSPS) is 30.0. The Morgan fingerprint density at radius 3 is 2.73 bits per heavy atom. The minimum atomic E-state index is 0.329. The van der Waals surface area contributed by atoms with Crippen molar-refractivity contribution in [1.82, 2.24) is 0 Å². The fourth-order valence-corrected chi connectivity index (χ4v) is 1.59. The van der Waals surface area contributed by atoms with Gasteiger partial charge in [0, 0.05) is 12.5 Å². The van der Waals surface area contributed by atoms with E-state index in [1.165, 1.54) is 12.8 Å². The van der Waals surface area contributed by atoms with Crippen molar-refractivity contribution in [2.75, 3.05) is 13.2 Å². The van der Waals surface area contributed by atoms with Crippen molar-refractivity contribution >= 4 is 0 Å². The maximum atomic E-state index is 8.61. The van der Waals surface area contributed by atoms with Crippen LogP contribution in [0.5, 0.6) is 0 Å². The van der Waals surface area contributed by atoms with E-state index in [0.29, 0.717) is 12.7 Å². The van der Waals surface area contributed by atoms with Gasteiger partial charge in [0.05, 0.1) is 12.7 Å². The summed E-state index contributed by atoms with van der Waals surface area (Å²) < 4.78 is 5.40. The lowest BCUT2D eigenvalue weighted by atomic mass is 9.90. The Hall–Kier alpha value is -0.0800. The minimum Gasteiger partial charge on any atom is -0.396 e. The monoisotopic (exact) mass is 158 g/mol. The van der Waals surface area contributed by atoms with Gasteiger partial charge in [0.15, 0.2) is 0 Å². The van der Waals surface area contributed by atoms with E-state index in [4.69, 9.17) is 9.84 Å². The Bertz CT molecular complexity index is 104. The predicted octanol–water partition coefficient (Wildman–Crippen LogP) is 1.57. The van der Waals surface area contributed by atoms with Crippen molar-refractivity contribution in [3.05, 3.63) is 0 Å². The van der Waals surface area contributed by atoms with Crippen LogP contribution < -0.4 is 0 Å². The molecule has 11 heavy (non-hydrogen) atoms. The predicted molar refractivity (Wildman–Crippen MR) is 44.5 cm³/mol. The summed E-state index contributed by atoms with van der Waals surface area (Å²) in [5.41, 5.74) is 0. The van der Waals surface area contributed by atoms with E-state index < -0.39 is 0 Å². The summed E-state index contributed by atoms with van der Waals surface area (Å²) in [6.45, 7) is 3.44. The SMILES string of the molecule is CCCC1OCC1CCCO. The maximum Gasteiger partial charge on any atom is 0.0625 e. The van der Waals surface area contributed by atoms with Gasteiger partial charge in [0.2, 0.25) is 0 Å². The van der Waals surface area contributed by atoms with Gasteiger partial charge in [-0.15, -0.1) is 0 Å². The Morgan fingerprint density at radius 1 is 1.45 bits per heavy atom. The van der Waals surface area contributed by atoms with Crippen LogP contribution in [-0.2, 0) is 4.74 Å². The summed E-state index contributed by atoms with van der Waals surface area (Å²) in [4.78, 5) is 0. The van der Waals surface area contributed by atoms with Crippen LogP contribution in [0.15, 0.2) is 0 Å². The van der Waals surface area contributed by atoms with Crippen LogP contribution in [0.2, 0.25) is 0 Å². The van der Waals surface area contributed by atoms with E-state index in [9.17, 15) is 0 Å². The first-order chi connectivity index (χ1) is 5.38. The van der Waals surface area contributed by atoms with Crippen LogP contribution in [-0.4, -0.2) is 24.4 Å². The summed E-state index contributed by atoms with van der Waals surface area (Å²) in [6, 6.07) is 0. The molecule has 2 nitrogen and oxygen atoms in total. The third kappa shape index (κ3) is 2.46. The molecule has 1 fully saturated rings. The molecule has 1 aliphatic rings. The van der Waals surface area contributed by atoms with E-state index in [1.807, 2.05) is 0 Å². The van der Waals surface area contributed by atoms with Crippen LogP contribution in [0.3, 0.4) is 0 Å². The van der Waals surface area contributed by atoms with Gasteiger partial charge in [0.25, 0.3) is 0 Å². The molecule has 0 radical (unpaired) electrons. The summed E-state index contributed by atoms with van der Waals surface area (Å²) in [5.74, 6) is 0.738. The van der Waals surface area contributed by atoms with Gasteiger partial charge < -0.3 is 9.84 Å². The Labute approximate surface area is 68.6 Å². The quantitative estimate of drug-likeness (QED) is 0.658. The zero-order chi connectivity index (χ0) is 8.10. The van der Waals surface area contributed by atoms with Gasteiger partial charge in [-0.2, -0.15) is 0 Å². The molecule has 1 aliphatic heterocycles. The second kappa shape index (κ2) is 4.73. The third-order valence-corrected chi connectivity index (χ3v) is 2.36. The number of aliphatic hydroxyl groups excluding tert-OH is 1. The van der Waals surface area contributed by atoms with Crippen molar-refractivity contribution in [2.24, 2.45) is 5.92 Å². The molecule has 1 saturated heterocycles. The fraction of sp³-hybridized carbons (Fsp3) is 1.00. The molecule has 1 heterocycles. The zero-order valence-corrected chi connectivity index (χ0v) is 7.25. The van der Waals surface area contributed by atoms with Crippen LogP contribution in [0, 0.1) is 5.92 Å². The molecule has 0 aromatic heterocycles. The topological polar surface area (TPSA) is 29.5 Å². The van der Waals surface area contributed by atoms with Gasteiger partial charge in [-0.25, -0.2) is 0 Å². The van der Waals surface area contributed by atoms with Crippen molar-refractivity contribution < 1.29 is 9.84 Å². The molecule has 1 rings (SSSR count). The molecular formula is C9H18O2.